The monoisotopic (exact) mass is 399 g/mol. The summed E-state index contributed by atoms with van der Waals surface area (Å²) in [6.45, 7) is 3.16. The summed E-state index contributed by atoms with van der Waals surface area (Å²) in [6, 6.07) is 1.39. The van der Waals surface area contributed by atoms with Crippen LogP contribution in [0.2, 0.25) is 0 Å². The first-order valence-electron chi connectivity index (χ1n) is 9.17. The van der Waals surface area contributed by atoms with Gasteiger partial charge < -0.3 is 15.0 Å². The second kappa shape index (κ2) is 6.62. The average molecular weight is 399 g/mol. The van der Waals surface area contributed by atoms with E-state index in [9.17, 15) is 4.39 Å². The zero-order chi connectivity index (χ0) is 19.3. The summed E-state index contributed by atoms with van der Waals surface area (Å²) in [5.74, 6) is 0.601. The molecule has 0 radical (unpaired) electrons. The number of anilines is 1. The quantitative estimate of drug-likeness (QED) is 0.576. The third-order valence-electron chi connectivity index (χ3n) is 5.08. The smallest absolute Gasteiger partial charge is 0.229 e. The van der Waals surface area contributed by atoms with Gasteiger partial charge in [0.15, 0.2) is 5.65 Å². The maximum absolute atomic E-state index is 14.0. The minimum absolute atomic E-state index is 0.111. The summed E-state index contributed by atoms with van der Waals surface area (Å²) >= 11 is 5.53. The van der Waals surface area contributed by atoms with E-state index in [1.165, 1.54) is 12.3 Å². The Kier molecular flexibility index (Phi) is 4.08. The Balaban J connectivity index is 1.69. The molecule has 28 heavy (non-hydrogen) atoms. The van der Waals surface area contributed by atoms with Crippen LogP contribution >= 0.6 is 12.2 Å². The number of hydrogen-bond acceptors (Lipinski definition) is 7. The Labute approximate surface area is 165 Å². The molecule has 1 N–H and O–H groups in total. The highest BCUT2D eigenvalue weighted by Crippen LogP contribution is 2.38. The summed E-state index contributed by atoms with van der Waals surface area (Å²) in [5.41, 5.74) is 2.09. The largest absolute Gasteiger partial charge is 0.473 e. The van der Waals surface area contributed by atoms with Gasteiger partial charge in [0.2, 0.25) is 11.8 Å². The highest BCUT2D eigenvalue weighted by atomic mass is 32.1. The van der Waals surface area contributed by atoms with E-state index in [1.807, 2.05) is 6.92 Å². The number of pyridine rings is 1. The SMILES string of the molecule is CC1CNC(=S)c2cnn3cnc(nc23)N2CCC[C@@H]2c2cc(F)cnc2O1. The highest BCUT2D eigenvalue weighted by Gasteiger charge is 2.32. The molecular weight excluding hydrogens is 381 g/mol. The molecule has 3 aromatic rings. The number of halogens is 1. The molecule has 0 spiro atoms. The standard InChI is InChI=1S/C18H18FN7OS/c1-10-6-21-17(28)13-8-23-26-9-22-18(24-15(13)26)25-4-2-3-14(25)12-5-11(19)7-20-16(12)27-10/h5,7-10,14H,2-4,6H2,1H3,(H,21,28)/t10?,14-/m1/s1. The van der Waals surface area contributed by atoms with Crippen LogP contribution in [0.5, 0.6) is 5.88 Å². The first-order chi connectivity index (χ1) is 13.6. The van der Waals surface area contributed by atoms with E-state index in [2.05, 4.69) is 25.3 Å². The van der Waals surface area contributed by atoms with Crippen LogP contribution in [0.15, 0.2) is 24.8 Å². The van der Waals surface area contributed by atoms with Crippen LogP contribution < -0.4 is 15.0 Å². The molecule has 2 aliphatic heterocycles. The zero-order valence-corrected chi connectivity index (χ0v) is 16.0. The second-order valence-electron chi connectivity index (χ2n) is 7.02. The Morgan fingerprint density at radius 2 is 2.21 bits per heavy atom. The Bertz CT molecular complexity index is 1070. The molecule has 2 aliphatic rings. The second-order valence-corrected chi connectivity index (χ2v) is 7.43. The van der Waals surface area contributed by atoms with E-state index in [0.717, 1.165) is 24.9 Å². The molecule has 5 heterocycles. The molecule has 1 fully saturated rings. The molecule has 0 aromatic carbocycles. The number of rotatable bonds is 0. The maximum Gasteiger partial charge on any atom is 0.229 e. The van der Waals surface area contributed by atoms with Gasteiger partial charge in [-0.15, -0.1) is 0 Å². The van der Waals surface area contributed by atoms with Gasteiger partial charge >= 0.3 is 0 Å². The Hall–Kier alpha value is -2.88. The lowest BCUT2D eigenvalue weighted by Crippen LogP contribution is -2.33. The van der Waals surface area contributed by atoms with Gasteiger partial charge in [0.05, 0.1) is 30.5 Å². The van der Waals surface area contributed by atoms with Crippen molar-refractivity contribution in [1.82, 2.24) is 29.9 Å². The number of fused-ring (bicyclic) bond motifs is 5. The van der Waals surface area contributed by atoms with Gasteiger partial charge in [-0.3, -0.25) is 0 Å². The normalized spacial score (nSPS) is 21.9. The summed E-state index contributed by atoms with van der Waals surface area (Å²) < 4.78 is 21.7. The van der Waals surface area contributed by atoms with Crippen LogP contribution in [0, 0.1) is 5.82 Å². The van der Waals surface area contributed by atoms with Crippen LogP contribution in [0.4, 0.5) is 10.3 Å². The topological polar surface area (TPSA) is 80.5 Å². The summed E-state index contributed by atoms with van der Waals surface area (Å²) in [5, 5.41) is 7.49. The zero-order valence-electron chi connectivity index (χ0n) is 15.2. The summed E-state index contributed by atoms with van der Waals surface area (Å²) in [7, 11) is 0. The Morgan fingerprint density at radius 1 is 1.32 bits per heavy atom. The van der Waals surface area contributed by atoms with Gasteiger partial charge in [0, 0.05) is 12.1 Å². The first-order valence-corrected chi connectivity index (χ1v) is 9.58. The van der Waals surface area contributed by atoms with Gasteiger partial charge in [-0.25, -0.2) is 18.9 Å². The number of nitrogens with one attached hydrogen (secondary N) is 1. The fraction of sp³-hybridized carbons (Fsp3) is 0.389. The van der Waals surface area contributed by atoms with Crippen molar-refractivity contribution in [2.75, 3.05) is 18.0 Å². The van der Waals surface area contributed by atoms with Crippen LogP contribution in [0.1, 0.15) is 36.9 Å². The summed E-state index contributed by atoms with van der Waals surface area (Å²) in [6.07, 6.45) is 6.06. The van der Waals surface area contributed by atoms with Crippen LogP contribution in [-0.2, 0) is 0 Å². The van der Waals surface area contributed by atoms with Gasteiger partial charge in [0.25, 0.3) is 0 Å². The van der Waals surface area contributed by atoms with Gasteiger partial charge in [0.1, 0.15) is 23.2 Å². The molecule has 1 saturated heterocycles. The predicted octanol–water partition coefficient (Wildman–Crippen LogP) is 2.05. The lowest BCUT2D eigenvalue weighted by atomic mass is 10.1. The molecule has 0 aliphatic carbocycles. The third kappa shape index (κ3) is 2.84. The van der Waals surface area contributed by atoms with Gasteiger partial charge in [-0.2, -0.15) is 10.1 Å². The lowest BCUT2D eigenvalue weighted by molar-refractivity contribution is 0.211. The fourth-order valence-electron chi connectivity index (χ4n) is 3.75. The minimum atomic E-state index is -0.389. The number of ether oxygens (including phenoxy) is 1. The van der Waals surface area contributed by atoms with E-state index in [-0.39, 0.29) is 18.0 Å². The minimum Gasteiger partial charge on any atom is -0.473 e. The van der Waals surface area contributed by atoms with Crippen molar-refractivity contribution in [3.05, 3.63) is 41.7 Å². The average Bonchev–Trinajstić information content (AvgIpc) is 3.33. The molecule has 0 saturated carbocycles. The molecule has 1 unspecified atom stereocenters. The highest BCUT2D eigenvalue weighted by molar-refractivity contribution is 7.80. The van der Waals surface area contributed by atoms with Crippen molar-refractivity contribution in [3.63, 3.8) is 0 Å². The van der Waals surface area contributed by atoms with Gasteiger partial charge in [-0.1, -0.05) is 12.2 Å². The summed E-state index contributed by atoms with van der Waals surface area (Å²) in [4.78, 5) is 16.0. The molecular formula is C18H18FN7OS. The van der Waals surface area contributed by atoms with Crippen molar-refractivity contribution in [1.29, 1.82) is 0 Å². The first kappa shape index (κ1) is 17.2. The van der Waals surface area contributed by atoms with Crippen molar-refractivity contribution in [2.24, 2.45) is 0 Å². The van der Waals surface area contributed by atoms with E-state index in [1.54, 1.807) is 17.0 Å². The molecule has 2 bridgehead atoms. The van der Waals surface area contributed by atoms with Crippen LogP contribution in [-0.4, -0.2) is 48.7 Å². The molecule has 3 aromatic heterocycles. The van der Waals surface area contributed by atoms with Crippen molar-refractivity contribution in [3.8, 4) is 5.88 Å². The van der Waals surface area contributed by atoms with Crippen LogP contribution in [0.25, 0.3) is 5.65 Å². The number of hydrogen-bond donors (Lipinski definition) is 1. The van der Waals surface area contributed by atoms with Gasteiger partial charge in [-0.05, 0) is 25.8 Å². The Morgan fingerprint density at radius 3 is 3.11 bits per heavy atom. The third-order valence-corrected chi connectivity index (χ3v) is 5.44. The van der Waals surface area contributed by atoms with Crippen LogP contribution in [0.3, 0.4) is 0 Å². The molecule has 2 atom stereocenters. The number of thiocarbonyl (C=S) groups is 1. The van der Waals surface area contributed by atoms with E-state index < -0.39 is 0 Å². The molecule has 8 nitrogen and oxygen atoms in total. The molecule has 10 heteroatoms. The van der Waals surface area contributed by atoms with Crippen molar-refractivity contribution >= 4 is 28.8 Å². The van der Waals surface area contributed by atoms with Crippen molar-refractivity contribution < 1.29 is 9.13 Å². The molecule has 144 valence electrons. The maximum atomic E-state index is 14.0. The number of aromatic nitrogens is 5. The molecule has 5 rings (SSSR count). The van der Waals surface area contributed by atoms with E-state index in [0.29, 0.717) is 34.6 Å². The lowest BCUT2D eigenvalue weighted by Gasteiger charge is -2.26. The number of nitrogens with zero attached hydrogens (tertiary/aromatic N) is 6. The fourth-order valence-corrected chi connectivity index (χ4v) is 3.98. The molecule has 0 amide bonds. The van der Waals surface area contributed by atoms with E-state index in [4.69, 9.17) is 21.9 Å². The van der Waals surface area contributed by atoms with E-state index >= 15 is 0 Å². The van der Waals surface area contributed by atoms with Crippen molar-refractivity contribution in [2.45, 2.75) is 31.9 Å². The predicted molar refractivity (Wildman–Crippen MR) is 104 cm³/mol.